The van der Waals surface area contributed by atoms with E-state index in [4.69, 9.17) is 10.7 Å². The highest BCUT2D eigenvalue weighted by Crippen LogP contribution is 2.26. The molecular weight excluding hydrogens is 386 g/mol. The average molecular weight is 414 g/mol. The van der Waals surface area contributed by atoms with Crippen LogP contribution in [0.25, 0.3) is 28.0 Å². The predicted molar refractivity (Wildman–Crippen MR) is 123 cm³/mol. The van der Waals surface area contributed by atoms with Crippen molar-refractivity contribution in [2.24, 2.45) is 5.73 Å². The van der Waals surface area contributed by atoms with Gasteiger partial charge in [-0.25, -0.2) is 9.67 Å². The number of hydrogen-bond acceptors (Lipinski definition) is 6. The number of piperidine rings is 1. The van der Waals surface area contributed by atoms with Crippen molar-refractivity contribution in [3.63, 3.8) is 0 Å². The SMILES string of the molecule is CC(C)c1cncc(-c2cc3c(cn2)cnn3-c2cccc(N3CCCC(N)C3)n2)c1. The fraction of sp³-hybridized carbons (Fsp3) is 0.333. The lowest BCUT2D eigenvalue weighted by Gasteiger charge is -2.31. The maximum atomic E-state index is 6.17. The van der Waals surface area contributed by atoms with Gasteiger partial charge >= 0.3 is 0 Å². The quantitative estimate of drug-likeness (QED) is 0.546. The van der Waals surface area contributed by atoms with Crippen LogP contribution in [0.2, 0.25) is 0 Å². The fourth-order valence-corrected chi connectivity index (χ4v) is 4.10. The molecular formula is C24H27N7. The van der Waals surface area contributed by atoms with Gasteiger partial charge in [-0.2, -0.15) is 5.10 Å². The first-order valence-corrected chi connectivity index (χ1v) is 10.9. The average Bonchev–Trinajstić information content (AvgIpc) is 3.22. The summed E-state index contributed by atoms with van der Waals surface area (Å²) in [7, 11) is 0. The van der Waals surface area contributed by atoms with Crippen molar-refractivity contribution in [1.82, 2.24) is 24.7 Å². The first-order chi connectivity index (χ1) is 15.1. The third-order valence-electron chi connectivity index (χ3n) is 5.89. The van der Waals surface area contributed by atoms with E-state index in [1.54, 1.807) is 0 Å². The Morgan fingerprint density at radius 2 is 1.94 bits per heavy atom. The van der Waals surface area contributed by atoms with Gasteiger partial charge in [0.2, 0.25) is 0 Å². The van der Waals surface area contributed by atoms with Crippen LogP contribution in [0.1, 0.15) is 38.2 Å². The maximum absolute atomic E-state index is 6.17. The lowest BCUT2D eigenvalue weighted by molar-refractivity contribution is 0.503. The molecule has 158 valence electrons. The van der Waals surface area contributed by atoms with E-state index >= 15 is 0 Å². The molecule has 7 heteroatoms. The zero-order valence-corrected chi connectivity index (χ0v) is 17.9. The molecule has 4 aromatic rings. The van der Waals surface area contributed by atoms with Gasteiger partial charge in [0.15, 0.2) is 5.82 Å². The number of anilines is 1. The molecule has 0 amide bonds. The number of pyridine rings is 3. The number of nitrogens with two attached hydrogens (primary N) is 1. The van der Waals surface area contributed by atoms with Crippen LogP contribution < -0.4 is 10.6 Å². The third-order valence-corrected chi connectivity index (χ3v) is 5.89. The summed E-state index contributed by atoms with van der Waals surface area (Å²) in [6, 6.07) is 10.5. The van der Waals surface area contributed by atoms with E-state index in [2.05, 4.69) is 45.9 Å². The van der Waals surface area contributed by atoms with E-state index in [9.17, 15) is 0 Å². The molecule has 1 atom stereocenters. The van der Waals surface area contributed by atoms with Crippen molar-refractivity contribution in [3.8, 4) is 17.1 Å². The molecule has 0 aromatic carbocycles. The van der Waals surface area contributed by atoms with E-state index in [0.717, 1.165) is 59.7 Å². The summed E-state index contributed by atoms with van der Waals surface area (Å²) in [6.45, 7) is 6.15. The molecule has 4 aromatic heterocycles. The molecule has 1 saturated heterocycles. The minimum absolute atomic E-state index is 0.202. The second-order valence-corrected chi connectivity index (χ2v) is 8.55. The van der Waals surface area contributed by atoms with Gasteiger partial charge in [-0.3, -0.25) is 9.97 Å². The van der Waals surface area contributed by atoms with Crippen LogP contribution in [0.5, 0.6) is 0 Å². The lowest BCUT2D eigenvalue weighted by Crippen LogP contribution is -2.43. The molecule has 0 spiro atoms. The Hall–Kier alpha value is -3.32. The summed E-state index contributed by atoms with van der Waals surface area (Å²) < 4.78 is 1.88. The summed E-state index contributed by atoms with van der Waals surface area (Å²) in [5.74, 6) is 2.15. The number of aromatic nitrogens is 5. The zero-order valence-electron chi connectivity index (χ0n) is 17.9. The van der Waals surface area contributed by atoms with Crippen molar-refractivity contribution < 1.29 is 0 Å². The highest BCUT2D eigenvalue weighted by atomic mass is 15.3. The molecule has 2 N–H and O–H groups in total. The van der Waals surface area contributed by atoms with Gasteiger partial charge in [0.05, 0.1) is 17.4 Å². The summed E-state index contributed by atoms with van der Waals surface area (Å²) in [6.07, 6.45) is 9.64. The van der Waals surface area contributed by atoms with Crippen LogP contribution in [0.15, 0.2) is 55.1 Å². The first-order valence-electron chi connectivity index (χ1n) is 10.9. The van der Waals surface area contributed by atoms with Crippen molar-refractivity contribution in [1.29, 1.82) is 0 Å². The van der Waals surface area contributed by atoms with Gasteiger partial charge in [0.1, 0.15) is 5.82 Å². The highest BCUT2D eigenvalue weighted by molar-refractivity contribution is 5.83. The molecule has 7 nitrogen and oxygen atoms in total. The third kappa shape index (κ3) is 3.88. The van der Waals surface area contributed by atoms with E-state index in [0.29, 0.717) is 5.92 Å². The predicted octanol–water partition coefficient (Wildman–Crippen LogP) is 3.93. The minimum atomic E-state index is 0.202. The van der Waals surface area contributed by atoms with E-state index < -0.39 is 0 Å². The zero-order chi connectivity index (χ0) is 21.4. The van der Waals surface area contributed by atoms with Crippen molar-refractivity contribution in [3.05, 3.63) is 60.7 Å². The van der Waals surface area contributed by atoms with Crippen LogP contribution in [0.3, 0.4) is 0 Å². The van der Waals surface area contributed by atoms with Crippen LogP contribution >= 0.6 is 0 Å². The number of nitrogens with zero attached hydrogens (tertiary/aromatic N) is 6. The molecule has 0 radical (unpaired) electrons. The smallest absolute Gasteiger partial charge is 0.156 e. The van der Waals surface area contributed by atoms with Crippen LogP contribution in [-0.2, 0) is 0 Å². The second-order valence-electron chi connectivity index (χ2n) is 8.55. The van der Waals surface area contributed by atoms with Crippen LogP contribution in [-0.4, -0.2) is 43.9 Å². The number of rotatable bonds is 4. The van der Waals surface area contributed by atoms with Crippen molar-refractivity contribution >= 4 is 16.7 Å². The molecule has 0 saturated carbocycles. The fourth-order valence-electron chi connectivity index (χ4n) is 4.10. The monoisotopic (exact) mass is 413 g/mol. The molecule has 31 heavy (non-hydrogen) atoms. The summed E-state index contributed by atoms with van der Waals surface area (Å²) in [5.41, 5.74) is 10.2. The Morgan fingerprint density at radius 1 is 1.06 bits per heavy atom. The first kappa shape index (κ1) is 19.6. The summed E-state index contributed by atoms with van der Waals surface area (Å²) in [4.78, 5) is 16.2. The molecule has 5 heterocycles. The van der Waals surface area contributed by atoms with E-state index in [-0.39, 0.29) is 6.04 Å². The standard InChI is InChI=1S/C24H27N7/c1-16(2)17-9-18(12-26-11-17)21-10-22-19(13-27-21)14-28-31(22)24-7-3-6-23(29-24)30-8-4-5-20(25)15-30/h3,6-7,9-14,16,20H,4-5,8,15,25H2,1-2H3. The molecule has 1 fully saturated rings. The summed E-state index contributed by atoms with van der Waals surface area (Å²) >= 11 is 0. The molecule has 1 aliphatic rings. The Labute approximate surface area is 182 Å². The highest BCUT2D eigenvalue weighted by Gasteiger charge is 2.19. The van der Waals surface area contributed by atoms with E-state index in [1.807, 2.05) is 47.7 Å². The van der Waals surface area contributed by atoms with Gasteiger partial charge in [-0.05, 0) is 48.6 Å². The van der Waals surface area contributed by atoms with Gasteiger partial charge in [0, 0.05) is 48.7 Å². The molecule has 5 rings (SSSR count). The van der Waals surface area contributed by atoms with Crippen molar-refractivity contribution in [2.45, 2.75) is 38.6 Å². The Balaban J connectivity index is 1.53. The molecule has 1 aliphatic heterocycles. The molecule has 0 aliphatic carbocycles. The van der Waals surface area contributed by atoms with Gasteiger partial charge in [-0.1, -0.05) is 19.9 Å². The largest absolute Gasteiger partial charge is 0.355 e. The van der Waals surface area contributed by atoms with Gasteiger partial charge in [0.25, 0.3) is 0 Å². The van der Waals surface area contributed by atoms with Crippen LogP contribution in [0.4, 0.5) is 5.82 Å². The lowest BCUT2D eigenvalue weighted by atomic mass is 10.0. The molecule has 0 bridgehead atoms. The summed E-state index contributed by atoms with van der Waals surface area (Å²) in [5, 5.41) is 5.58. The Morgan fingerprint density at radius 3 is 2.77 bits per heavy atom. The Kier molecular flexibility index (Phi) is 5.11. The topological polar surface area (TPSA) is 85.8 Å². The molecule has 1 unspecified atom stereocenters. The second kappa shape index (κ2) is 8.07. The van der Waals surface area contributed by atoms with Crippen LogP contribution in [0, 0.1) is 0 Å². The maximum Gasteiger partial charge on any atom is 0.156 e. The van der Waals surface area contributed by atoms with Crippen molar-refractivity contribution in [2.75, 3.05) is 18.0 Å². The van der Waals surface area contributed by atoms with E-state index in [1.165, 1.54) is 5.56 Å². The minimum Gasteiger partial charge on any atom is -0.355 e. The van der Waals surface area contributed by atoms with Gasteiger partial charge in [-0.15, -0.1) is 0 Å². The number of fused-ring (bicyclic) bond motifs is 1. The Bertz CT molecular complexity index is 1210. The normalized spacial score (nSPS) is 16.9. The van der Waals surface area contributed by atoms with Gasteiger partial charge < -0.3 is 10.6 Å². The number of hydrogen-bond donors (Lipinski definition) is 1.